The molecule has 4 heterocycles. The minimum Gasteiger partial charge on any atom is -0.377 e. The first-order valence-electron chi connectivity index (χ1n) is 7.71. The molecule has 0 fully saturated rings. The molecule has 112 valence electrons. The third kappa shape index (κ3) is 2.26. The van der Waals surface area contributed by atoms with Gasteiger partial charge in [-0.05, 0) is 50.3 Å². The Morgan fingerprint density at radius 3 is 1.41 bits per heavy atom. The van der Waals surface area contributed by atoms with Crippen LogP contribution in [0.5, 0.6) is 0 Å². The first-order valence-corrected chi connectivity index (χ1v) is 7.71. The summed E-state index contributed by atoms with van der Waals surface area (Å²) in [5.74, 6) is 0. The van der Waals surface area contributed by atoms with Crippen LogP contribution in [0.1, 0.15) is 13.8 Å². The third-order valence-corrected chi connectivity index (χ3v) is 4.11. The van der Waals surface area contributed by atoms with E-state index < -0.39 is 0 Å². The van der Waals surface area contributed by atoms with Crippen molar-refractivity contribution in [2.24, 2.45) is 0 Å². The van der Waals surface area contributed by atoms with Gasteiger partial charge in [-0.2, -0.15) is 0 Å². The molecule has 0 saturated carbocycles. The standard InChI is InChI=1S/C18H20N4/c1-11-3-5-13(19-11)15-7-9-17(21-15)18-10-8-16(22-18)14-6-4-12(2)20-14/h3-12,19-22H,1-2H3/b15-13?,16-14?,18-17+. The van der Waals surface area contributed by atoms with E-state index in [9.17, 15) is 0 Å². The van der Waals surface area contributed by atoms with Crippen LogP contribution in [0.2, 0.25) is 0 Å². The number of H-pyrrole nitrogens is 2. The van der Waals surface area contributed by atoms with Gasteiger partial charge in [-0.15, -0.1) is 0 Å². The van der Waals surface area contributed by atoms with Gasteiger partial charge in [-0.3, -0.25) is 0 Å². The normalized spacial score (nSPS) is 29.7. The molecule has 0 bridgehead atoms. The number of hydrogen-bond donors (Lipinski definition) is 4. The summed E-state index contributed by atoms with van der Waals surface area (Å²) in [4.78, 5) is 6.95. The van der Waals surface area contributed by atoms with Crippen LogP contribution in [0.15, 0.2) is 48.6 Å². The lowest BCUT2D eigenvalue weighted by molar-refractivity contribution is 0.812. The minimum absolute atomic E-state index is 0.400. The zero-order valence-corrected chi connectivity index (χ0v) is 12.8. The average molecular weight is 292 g/mol. The molecular weight excluding hydrogens is 272 g/mol. The Labute approximate surface area is 128 Å². The fourth-order valence-corrected chi connectivity index (χ4v) is 2.92. The highest BCUT2D eigenvalue weighted by Crippen LogP contribution is 2.05. The van der Waals surface area contributed by atoms with E-state index in [1.54, 1.807) is 0 Å². The van der Waals surface area contributed by atoms with Crippen molar-refractivity contribution < 1.29 is 0 Å². The molecule has 2 aromatic rings. The van der Waals surface area contributed by atoms with Crippen LogP contribution in [-0.2, 0) is 0 Å². The number of rotatable bonds is 0. The summed E-state index contributed by atoms with van der Waals surface area (Å²) in [6, 6.07) is 9.26. The van der Waals surface area contributed by atoms with Gasteiger partial charge in [0.2, 0.25) is 0 Å². The maximum atomic E-state index is 3.47. The molecule has 2 aromatic heterocycles. The molecule has 2 aliphatic heterocycles. The average Bonchev–Trinajstić information content (AvgIpc) is 3.24. The highest BCUT2D eigenvalue weighted by Gasteiger charge is 2.07. The summed E-state index contributed by atoms with van der Waals surface area (Å²) in [6.07, 6.45) is 8.59. The first kappa shape index (κ1) is 13.1. The molecule has 2 atom stereocenters. The third-order valence-electron chi connectivity index (χ3n) is 4.11. The summed E-state index contributed by atoms with van der Waals surface area (Å²) in [6.45, 7) is 4.29. The molecule has 4 heteroatoms. The SMILES string of the molecule is CC1C=CC(=c2cc/c(=c3/ccc(=C4C=CC(C)N4)[nH]3)[nH]2)N1. The summed E-state index contributed by atoms with van der Waals surface area (Å²) < 4.78 is 0. The zero-order valence-electron chi connectivity index (χ0n) is 12.8. The second-order valence-corrected chi connectivity index (χ2v) is 5.98. The van der Waals surface area contributed by atoms with Gasteiger partial charge in [0.1, 0.15) is 0 Å². The number of nitrogens with one attached hydrogen (secondary N) is 4. The van der Waals surface area contributed by atoms with Crippen LogP contribution < -0.4 is 21.3 Å². The van der Waals surface area contributed by atoms with Gasteiger partial charge in [0.15, 0.2) is 0 Å². The van der Waals surface area contributed by atoms with Crippen molar-refractivity contribution in [2.45, 2.75) is 25.9 Å². The van der Waals surface area contributed by atoms with Crippen LogP contribution in [0, 0.1) is 10.7 Å². The Balaban J connectivity index is 1.84. The quantitative estimate of drug-likeness (QED) is 0.584. The van der Waals surface area contributed by atoms with Crippen molar-refractivity contribution in [3.63, 3.8) is 0 Å². The van der Waals surface area contributed by atoms with E-state index in [1.807, 2.05) is 0 Å². The molecule has 22 heavy (non-hydrogen) atoms. The molecular formula is C18H20N4. The predicted molar refractivity (Wildman–Crippen MR) is 88.8 cm³/mol. The van der Waals surface area contributed by atoms with Crippen molar-refractivity contribution >= 4 is 11.4 Å². The van der Waals surface area contributed by atoms with Gasteiger partial charge in [-0.1, -0.05) is 12.2 Å². The van der Waals surface area contributed by atoms with Crippen LogP contribution in [0.25, 0.3) is 11.4 Å². The van der Waals surface area contributed by atoms with E-state index in [2.05, 4.69) is 83.0 Å². The van der Waals surface area contributed by atoms with Crippen LogP contribution >= 0.6 is 0 Å². The topological polar surface area (TPSA) is 55.6 Å². The highest BCUT2D eigenvalue weighted by atomic mass is 15.0. The molecule has 0 aromatic carbocycles. The lowest BCUT2D eigenvalue weighted by Crippen LogP contribution is -2.22. The van der Waals surface area contributed by atoms with Crippen molar-refractivity contribution in [1.82, 2.24) is 20.6 Å². The Bertz CT molecular complexity index is 891. The van der Waals surface area contributed by atoms with Crippen molar-refractivity contribution in [3.8, 4) is 0 Å². The molecule has 4 nitrogen and oxygen atoms in total. The molecule has 0 amide bonds. The molecule has 2 unspecified atom stereocenters. The van der Waals surface area contributed by atoms with Gasteiger partial charge in [0.05, 0.1) is 32.8 Å². The largest absolute Gasteiger partial charge is 0.377 e. The van der Waals surface area contributed by atoms with Crippen molar-refractivity contribution in [1.29, 1.82) is 0 Å². The molecule has 0 spiro atoms. The lowest BCUT2D eigenvalue weighted by atomic mass is 10.4. The van der Waals surface area contributed by atoms with Crippen LogP contribution in [-0.4, -0.2) is 22.1 Å². The molecule has 0 saturated heterocycles. The van der Waals surface area contributed by atoms with E-state index in [0.29, 0.717) is 12.1 Å². The van der Waals surface area contributed by atoms with Gasteiger partial charge < -0.3 is 20.6 Å². The monoisotopic (exact) mass is 292 g/mol. The number of aromatic nitrogens is 2. The Morgan fingerprint density at radius 2 is 1.05 bits per heavy atom. The van der Waals surface area contributed by atoms with E-state index >= 15 is 0 Å². The zero-order chi connectivity index (χ0) is 15.1. The summed E-state index contributed by atoms with van der Waals surface area (Å²) in [7, 11) is 0. The van der Waals surface area contributed by atoms with Crippen molar-refractivity contribution in [3.05, 3.63) is 70.0 Å². The van der Waals surface area contributed by atoms with Crippen molar-refractivity contribution in [2.75, 3.05) is 0 Å². The van der Waals surface area contributed by atoms with Gasteiger partial charge >= 0.3 is 0 Å². The fraction of sp³-hybridized carbons (Fsp3) is 0.222. The highest BCUT2D eigenvalue weighted by molar-refractivity contribution is 5.58. The molecule has 4 N–H and O–H groups in total. The van der Waals surface area contributed by atoms with E-state index in [1.165, 1.54) is 0 Å². The smallest absolute Gasteiger partial charge is 0.0624 e. The predicted octanol–water partition coefficient (Wildman–Crippen LogP) is 0.942. The van der Waals surface area contributed by atoms with Crippen LogP contribution in [0.3, 0.4) is 0 Å². The lowest BCUT2D eigenvalue weighted by Gasteiger charge is -2.01. The molecule has 0 radical (unpaired) electrons. The van der Waals surface area contributed by atoms with E-state index in [-0.39, 0.29) is 0 Å². The molecule has 2 aliphatic rings. The Hall–Kier alpha value is -2.62. The van der Waals surface area contributed by atoms with E-state index in [4.69, 9.17) is 0 Å². The fourth-order valence-electron chi connectivity index (χ4n) is 2.92. The Kier molecular flexibility index (Phi) is 2.96. The van der Waals surface area contributed by atoms with Gasteiger partial charge in [0.25, 0.3) is 0 Å². The summed E-state index contributed by atoms with van der Waals surface area (Å²) >= 11 is 0. The van der Waals surface area contributed by atoms with Gasteiger partial charge in [-0.25, -0.2) is 0 Å². The molecule has 4 rings (SSSR count). The first-order chi connectivity index (χ1) is 10.7. The summed E-state index contributed by atoms with van der Waals surface area (Å²) in [5.41, 5.74) is 2.29. The second-order valence-electron chi connectivity index (χ2n) is 5.98. The number of aromatic amines is 2. The van der Waals surface area contributed by atoms with E-state index in [0.717, 1.165) is 32.8 Å². The maximum Gasteiger partial charge on any atom is 0.0624 e. The minimum atomic E-state index is 0.400. The Morgan fingerprint density at radius 1 is 0.636 bits per heavy atom. The summed E-state index contributed by atoms with van der Waals surface area (Å²) in [5, 5.41) is 11.3. The van der Waals surface area contributed by atoms with Crippen LogP contribution in [0.4, 0.5) is 0 Å². The van der Waals surface area contributed by atoms with Gasteiger partial charge in [0, 0.05) is 12.1 Å². The molecule has 0 aliphatic carbocycles. The number of hydrogen-bond acceptors (Lipinski definition) is 2. The maximum absolute atomic E-state index is 3.47. The second kappa shape index (κ2) is 4.98.